The lowest BCUT2D eigenvalue weighted by atomic mass is 10.1. The standard InChI is InChI=1S/C36H65NO4/c1-3-5-7-8-9-10-11-12-13-14-17-20-24-27-33(39)32(31-38)37-36(40)30-26-22-19-16-15-18-21-25-29-35-34(41-35)28-23-6-4-2/h7-8,21,24-25,27,32-35,38-39H,3-6,9-20,22-23,26,28-31H2,1-2H3,(H,37,40)/b8-7-,25-21-,27-24+/t32-,33+,34?,35?/m0/s1. The van der Waals surface area contributed by atoms with Gasteiger partial charge in [-0.1, -0.05) is 121 Å². The van der Waals surface area contributed by atoms with Crippen LogP contribution in [0.15, 0.2) is 36.5 Å². The molecule has 1 aliphatic rings. The highest BCUT2D eigenvalue weighted by Gasteiger charge is 2.36. The maximum atomic E-state index is 12.3. The first kappa shape index (κ1) is 37.6. The fraction of sp³-hybridized carbons (Fsp3) is 0.806. The second-order valence-electron chi connectivity index (χ2n) is 12.0. The van der Waals surface area contributed by atoms with E-state index in [-0.39, 0.29) is 12.5 Å². The molecule has 1 aliphatic heterocycles. The number of hydrogen-bond donors (Lipinski definition) is 3. The van der Waals surface area contributed by atoms with E-state index in [1.807, 2.05) is 6.08 Å². The van der Waals surface area contributed by atoms with Gasteiger partial charge in [-0.05, 0) is 64.2 Å². The van der Waals surface area contributed by atoms with Crippen LogP contribution >= 0.6 is 0 Å². The number of nitrogens with one attached hydrogen (secondary N) is 1. The van der Waals surface area contributed by atoms with Gasteiger partial charge >= 0.3 is 0 Å². The van der Waals surface area contributed by atoms with Gasteiger partial charge in [0.25, 0.3) is 0 Å². The highest BCUT2D eigenvalue weighted by Crippen LogP contribution is 2.30. The number of rotatable bonds is 29. The Hall–Kier alpha value is -1.43. The minimum absolute atomic E-state index is 0.0874. The molecule has 3 N–H and O–H groups in total. The van der Waals surface area contributed by atoms with E-state index in [0.717, 1.165) is 44.9 Å². The predicted octanol–water partition coefficient (Wildman–Crippen LogP) is 8.88. The number of carbonyl (C=O) groups is 1. The first-order valence-corrected chi connectivity index (χ1v) is 17.3. The Labute approximate surface area is 253 Å². The molecule has 1 rings (SSSR count). The monoisotopic (exact) mass is 575 g/mol. The summed E-state index contributed by atoms with van der Waals surface area (Å²) in [6.45, 7) is 4.19. The molecule has 0 aliphatic carbocycles. The minimum Gasteiger partial charge on any atom is -0.394 e. The zero-order valence-electron chi connectivity index (χ0n) is 26.7. The van der Waals surface area contributed by atoms with Crippen LogP contribution in [0.2, 0.25) is 0 Å². The van der Waals surface area contributed by atoms with E-state index in [0.29, 0.717) is 18.6 Å². The Balaban J connectivity index is 1.95. The third-order valence-corrected chi connectivity index (χ3v) is 7.99. The molecule has 0 spiro atoms. The van der Waals surface area contributed by atoms with E-state index in [4.69, 9.17) is 4.74 Å². The van der Waals surface area contributed by atoms with Crippen LogP contribution in [0.3, 0.4) is 0 Å². The lowest BCUT2D eigenvalue weighted by Gasteiger charge is -2.20. The van der Waals surface area contributed by atoms with Gasteiger partial charge in [-0.25, -0.2) is 0 Å². The molecule has 0 aromatic heterocycles. The zero-order chi connectivity index (χ0) is 29.8. The average molecular weight is 576 g/mol. The number of allylic oxidation sites excluding steroid dienone is 4. The van der Waals surface area contributed by atoms with E-state index in [1.54, 1.807) is 6.08 Å². The van der Waals surface area contributed by atoms with Crippen molar-refractivity contribution in [2.45, 2.75) is 179 Å². The smallest absolute Gasteiger partial charge is 0.220 e. The maximum Gasteiger partial charge on any atom is 0.220 e. The Kier molecular flexibility index (Phi) is 25.1. The molecular formula is C36H65NO4. The van der Waals surface area contributed by atoms with E-state index in [9.17, 15) is 15.0 Å². The van der Waals surface area contributed by atoms with Gasteiger partial charge in [0.15, 0.2) is 0 Å². The van der Waals surface area contributed by atoms with Crippen molar-refractivity contribution in [3.05, 3.63) is 36.5 Å². The molecule has 1 heterocycles. The molecule has 1 saturated heterocycles. The molecule has 41 heavy (non-hydrogen) atoms. The van der Waals surface area contributed by atoms with Gasteiger partial charge in [-0.3, -0.25) is 4.79 Å². The molecule has 2 unspecified atom stereocenters. The number of unbranched alkanes of at least 4 members (excludes halogenated alkanes) is 15. The van der Waals surface area contributed by atoms with Crippen molar-refractivity contribution in [2.24, 2.45) is 0 Å². The molecule has 4 atom stereocenters. The van der Waals surface area contributed by atoms with Gasteiger partial charge in [-0.2, -0.15) is 0 Å². The van der Waals surface area contributed by atoms with Crippen LogP contribution in [0.1, 0.15) is 155 Å². The molecule has 0 bridgehead atoms. The fourth-order valence-corrected chi connectivity index (χ4v) is 5.18. The number of aliphatic hydroxyl groups excluding tert-OH is 2. The van der Waals surface area contributed by atoms with E-state index in [1.165, 1.54) is 89.9 Å². The van der Waals surface area contributed by atoms with Gasteiger partial charge in [-0.15, -0.1) is 0 Å². The van der Waals surface area contributed by atoms with Crippen molar-refractivity contribution in [3.8, 4) is 0 Å². The molecule has 0 saturated carbocycles. The second-order valence-corrected chi connectivity index (χ2v) is 12.0. The summed E-state index contributed by atoms with van der Waals surface area (Å²) in [5, 5.41) is 22.8. The Morgan fingerprint density at radius 2 is 1.29 bits per heavy atom. The van der Waals surface area contributed by atoms with Crippen molar-refractivity contribution in [1.82, 2.24) is 5.32 Å². The number of ether oxygens (including phenoxy) is 1. The topological polar surface area (TPSA) is 82.1 Å². The van der Waals surface area contributed by atoms with Gasteiger partial charge < -0.3 is 20.3 Å². The van der Waals surface area contributed by atoms with Crippen LogP contribution in [-0.2, 0) is 9.53 Å². The van der Waals surface area contributed by atoms with Crippen molar-refractivity contribution < 1.29 is 19.7 Å². The predicted molar refractivity (Wildman–Crippen MR) is 174 cm³/mol. The van der Waals surface area contributed by atoms with Gasteiger partial charge in [0.05, 0.1) is 31.0 Å². The van der Waals surface area contributed by atoms with Crippen molar-refractivity contribution in [1.29, 1.82) is 0 Å². The van der Waals surface area contributed by atoms with E-state index < -0.39 is 12.1 Å². The molecule has 1 amide bonds. The second kappa shape index (κ2) is 27.4. The maximum absolute atomic E-state index is 12.3. The van der Waals surface area contributed by atoms with Crippen LogP contribution in [0, 0.1) is 0 Å². The number of epoxide rings is 1. The minimum atomic E-state index is -0.851. The van der Waals surface area contributed by atoms with Crippen LogP contribution in [0.5, 0.6) is 0 Å². The van der Waals surface area contributed by atoms with E-state index >= 15 is 0 Å². The first-order valence-electron chi connectivity index (χ1n) is 17.3. The summed E-state index contributed by atoms with van der Waals surface area (Å²) in [5.74, 6) is -0.0874. The Morgan fingerprint density at radius 1 is 0.707 bits per heavy atom. The molecule has 5 nitrogen and oxygen atoms in total. The number of aliphatic hydroxyl groups is 2. The summed E-state index contributed by atoms with van der Waals surface area (Å²) >= 11 is 0. The summed E-state index contributed by atoms with van der Waals surface area (Å²) in [6.07, 6.45) is 38.2. The van der Waals surface area contributed by atoms with Gasteiger partial charge in [0.2, 0.25) is 5.91 Å². The first-order chi connectivity index (χ1) is 20.1. The van der Waals surface area contributed by atoms with Crippen LogP contribution in [0.25, 0.3) is 0 Å². The molecule has 0 radical (unpaired) electrons. The fourth-order valence-electron chi connectivity index (χ4n) is 5.18. The normalized spacial score (nSPS) is 18.5. The van der Waals surface area contributed by atoms with Crippen molar-refractivity contribution in [3.63, 3.8) is 0 Å². The molecule has 0 aromatic carbocycles. The summed E-state index contributed by atoms with van der Waals surface area (Å²) < 4.78 is 5.73. The zero-order valence-corrected chi connectivity index (χ0v) is 26.7. The summed E-state index contributed by atoms with van der Waals surface area (Å²) in [5.41, 5.74) is 0. The lowest BCUT2D eigenvalue weighted by molar-refractivity contribution is -0.123. The number of carbonyl (C=O) groups excluding carboxylic acids is 1. The third-order valence-electron chi connectivity index (χ3n) is 7.99. The quantitative estimate of drug-likeness (QED) is 0.0472. The Bertz CT molecular complexity index is 689. The van der Waals surface area contributed by atoms with Gasteiger partial charge in [0.1, 0.15) is 0 Å². The van der Waals surface area contributed by atoms with Crippen LogP contribution in [-0.4, -0.2) is 47.1 Å². The molecule has 238 valence electrons. The molecule has 1 fully saturated rings. The third kappa shape index (κ3) is 22.8. The molecular weight excluding hydrogens is 510 g/mol. The molecule has 0 aromatic rings. The average Bonchev–Trinajstić information content (AvgIpc) is 3.73. The van der Waals surface area contributed by atoms with Gasteiger partial charge in [0, 0.05) is 6.42 Å². The van der Waals surface area contributed by atoms with Crippen LogP contribution < -0.4 is 5.32 Å². The van der Waals surface area contributed by atoms with Crippen molar-refractivity contribution in [2.75, 3.05) is 6.61 Å². The summed E-state index contributed by atoms with van der Waals surface area (Å²) in [7, 11) is 0. The highest BCUT2D eigenvalue weighted by molar-refractivity contribution is 5.76. The summed E-state index contributed by atoms with van der Waals surface area (Å²) in [4.78, 5) is 12.3. The lowest BCUT2D eigenvalue weighted by Crippen LogP contribution is -2.45. The largest absolute Gasteiger partial charge is 0.394 e. The summed E-state index contributed by atoms with van der Waals surface area (Å²) in [6, 6.07) is -0.635. The Morgan fingerprint density at radius 3 is 1.93 bits per heavy atom. The van der Waals surface area contributed by atoms with E-state index in [2.05, 4.69) is 43.5 Å². The number of amides is 1. The highest BCUT2D eigenvalue weighted by atomic mass is 16.6. The molecule has 5 heteroatoms. The number of hydrogen-bond acceptors (Lipinski definition) is 4. The SMILES string of the molecule is CCC/C=C\CCCCCCCC/C=C/[C@@H](O)[C@H](CO)NC(=O)CCCCCCC/C=C\CC1OC1CCCCC. The van der Waals surface area contributed by atoms with Crippen LogP contribution in [0.4, 0.5) is 0 Å². The van der Waals surface area contributed by atoms with Crippen molar-refractivity contribution >= 4 is 5.91 Å².